The van der Waals surface area contributed by atoms with Crippen molar-refractivity contribution in [3.8, 4) is 0 Å². The minimum absolute atomic E-state index is 0.00487. The van der Waals surface area contributed by atoms with E-state index >= 15 is 0 Å². The van der Waals surface area contributed by atoms with Crippen LogP contribution in [0, 0.1) is 5.82 Å². The Morgan fingerprint density at radius 3 is 2.31 bits per heavy atom. The number of benzene rings is 2. The number of fused-ring (bicyclic) bond motifs is 1. The molecule has 12 heteroatoms. The lowest BCUT2D eigenvalue weighted by molar-refractivity contribution is -0.166. The summed E-state index contributed by atoms with van der Waals surface area (Å²) in [6.07, 6.45) is 0.769. The number of nitrogens with two attached hydrogens (primary N) is 1. The minimum atomic E-state index is -4.20. The van der Waals surface area contributed by atoms with Gasteiger partial charge in [-0.1, -0.05) is 35.3 Å². The minimum Gasteiger partial charge on any atom is -0.334 e. The highest BCUT2D eigenvalue weighted by Gasteiger charge is 2.55. The van der Waals surface area contributed by atoms with Crippen LogP contribution in [0.5, 0.6) is 0 Å². The number of nitrogens with zero attached hydrogens (tertiary/aromatic N) is 3. The van der Waals surface area contributed by atoms with Crippen LogP contribution in [0.2, 0.25) is 10.0 Å². The van der Waals surface area contributed by atoms with E-state index in [4.69, 9.17) is 28.9 Å². The number of hydrogen-bond donors (Lipinski definition) is 1. The standard InChI is InChI=1S/C23H23Cl2FN4O4S/c24-14-3-8-20(17(25)10-14)35(33,34)29-11-18(27)22(31)30-19(9-13-1-4-15(26)5-2-13)23(32)28(12-21(29)30)16-6-7-16/h1-5,8,10,16,18-19,21H,6-7,9,11-12,27H2. The number of hydrogen-bond acceptors (Lipinski definition) is 5. The van der Waals surface area contributed by atoms with Crippen LogP contribution in [0.1, 0.15) is 18.4 Å². The Kier molecular flexibility index (Phi) is 6.29. The first-order valence-electron chi connectivity index (χ1n) is 11.2. The number of halogens is 3. The van der Waals surface area contributed by atoms with E-state index in [0.29, 0.717) is 5.56 Å². The van der Waals surface area contributed by atoms with E-state index < -0.39 is 40.0 Å². The predicted molar refractivity (Wildman–Crippen MR) is 128 cm³/mol. The van der Waals surface area contributed by atoms with Gasteiger partial charge in [-0.15, -0.1) is 0 Å². The molecular formula is C23H23Cl2FN4O4S. The quantitative estimate of drug-likeness (QED) is 0.626. The maximum atomic E-state index is 13.8. The molecule has 35 heavy (non-hydrogen) atoms. The molecule has 8 nitrogen and oxygen atoms in total. The molecule has 2 heterocycles. The Balaban J connectivity index is 1.57. The van der Waals surface area contributed by atoms with Crippen molar-refractivity contribution in [2.45, 2.75) is 48.4 Å². The zero-order chi connectivity index (χ0) is 25.1. The van der Waals surface area contributed by atoms with Gasteiger partial charge in [0.25, 0.3) is 0 Å². The summed E-state index contributed by atoms with van der Waals surface area (Å²) < 4.78 is 42.1. The molecule has 0 aromatic heterocycles. The zero-order valence-electron chi connectivity index (χ0n) is 18.5. The van der Waals surface area contributed by atoms with Crippen molar-refractivity contribution in [1.82, 2.24) is 14.1 Å². The van der Waals surface area contributed by atoms with E-state index in [-0.39, 0.29) is 46.4 Å². The lowest BCUT2D eigenvalue weighted by atomic mass is 9.97. The topological polar surface area (TPSA) is 104 Å². The molecule has 2 aliphatic heterocycles. The normalized spacial score (nSPS) is 25.7. The van der Waals surface area contributed by atoms with Gasteiger partial charge in [0.2, 0.25) is 21.8 Å². The summed E-state index contributed by atoms with van der Waals surface area (Å²) in [4.78, 5) is 29.6. The van der Waals surface area contributed by atoms with Crippen molar-refractivity contribution in [3.63, 3.8) is 0 Å². The fourth-order valence-electron chi connectivity index (χ4n) is 4.80. The van der Waals surface area contributed by atoms with Gasteiger partial charge in [0.05, 0.1) is 17.6 Å². The Labute approximate surface area is 212 Å². The summed E-state index contributed by atoms with van der Waals surface area (Å²) in [6.45, 7) is -0.219. The van der Waals surface area contributed by atoms with E-state index in [2.05, 4.69) is 0 Å². The van der Waals surface area contributed by atoms with Crippen molar-refractivity contribution in [2.24, 2.45) is 5.73 Å². The molecule has 1 saturated carbocycles. The molecule has 1 aliphatic carbocycles. The number of carbonyl (C=O) groups excluding carboxylic acids is 2. The third-order valence-electron chi connectivity index (χ3n) is 6.68. The molecule has 2 N–H and O–H groups in total. The van der Waals surface area contributed by atoms with Gasteiger partial charge in [-0.2, -0.15) is 4.31 Å². The lowest BCUT2D eigenvalue weighted by Crippen LogP contribution is -2.75. The maximum absolute atomic E-state index is 13.8. The summed E-state index contributed by atoms with van der Waals surface area (Å²) >= 11 is 12.2. The average Bonchev–Trinajstić information content (AvgIpc) is 3.64. The van der Waals surface area contributed by atoms with Crippen molar-refractivity contribution < 1.29 is 22.4 Å². The molecule has 0 radical (unpaired) electrons. The second-order valence-electron chi connectivity index (χ2n) is 9.05. The monoisotopic (exact) mass is 540 g/mol. The number of rotatable bonds is 5. The van der Waals surface area contributed by atoms with Gasteiger partial charge in [-0.3, -0.25) is 9.59 Å². The third-order valence-corrected chi connectivity index (χ3v) is 9.26. The molecule has 2 aromatic carbocycles. The van der Waals surface area contributed by atoms with Gasteiger partial charge >= 0.3 is 0 Å². The van der Waals surface area contributed by atoms with Crippen LogP contribution in [0.15, 0.2) is 47.4 Å². The Bertz CT molecular complexity index is 1290. The first kappa shape index (κ1) is 24.5. The van der Waals surface area contributed by atoms with Gasteiger partial charge in [0, 0.05) is 24.0 Å². The SMILES string of the molecule is NC1CN(S(=O)(=O)c2ccc(Cl)cc2Cl)C2CN(C3CC3)C(=O)C(Cc3ccc(F)cc3)N2C1=O. The van der Waals surface area contributed by atoms with Crippen LogP contribution in [0.4, 0.5) is 4.39 Å². The van der Waals surface area contributed by atoms with Gasteiger partial charge in [0.1, 0.15) is 22.9 Å². The third kappa shape index (κ3) is 4.42. The summed E-state index contributed by atoms with van der Waals surface area (Å²) in [7, 11) is -4.20. The highest BCUT2D eigenvalue weighted by molar-refractivity contribution is 7.89. The molecule has 2 amide bonds. The second kappa shape index (κ2) is 9.01. The number of amides is 2. The van der Waals surface area contributed by atoms with Crippen molar-refractivity contribution >= 4 is 45.0 Å². The first-order valence-corrected chi connectivity index (χ1v) is 13.4. The Morgan fingerprint density at radius 2 is 1.69 bits per heavy atom. The second-order valence-corrected chi connectivity index (χ2v) is 11.8. The van der Waals surface area contributed by atoms with Crippen molar-refractivity contribution in [1.29, 1.82) is 0 Å². The zero-order valence-corrected chi connectivity index (χ0v) is 20.8. The van der Waals surface area contributed by atoms with Crippen LogP contribution in [-0.4, -0.2) is 71.7 Å². The molecule has 2 saturated heterocycles. The lowest BCUT2D eigenvalue weighted by Gasteiger charge is -2.53. The van der Waals surface area contributed by atoms with E-state index in [0.717, 1.165) is 17.1 Å². The highest BCUT2D eigenvalue weighted by Crippen LogP contribution is 2.37. The van der Waals surface area contributed by atoms with E-state index in [9.17, 15) is 22.4 Å². The average molecular weight is 541 g/mol. The molecule has 3 aliphatic rings. The number of sulfonamides is 1. The van der Waals surface area contributed by atoms with E-state index in [1.54, 1.807) is 17.0 Å². The van der Waals surface area contributed by atoms with Crippen molar-refractivity contribution in [3.05, 3.63) is 63.9 Å². The van der Waals surface area contributed by atoms with Crippen LogP contribution < -0.4 is 5.73 Å². The number of carbonyl (C=O) groups is 2. The smallest absolute Gasteiger partial charge is 0.246 e. The van der Waals surface area contributed by atoms with Crippen LogP contribution >= 0.6 is 23.2 Å². The molecule has 3 unspecified atom stereocenters. The summed E-state index contributed by atoms with van der Waals surface area (Å²) in [5.74, 6) is -1.19. The first-order chi connectivity index (χ1) is 16.6. The molecule has 3 fully saturated rings. The molecule has 3 atom stereocenters. The molecule has 0 bridgehead atoms. The summed E-state index contributed by atoms with van der Waals surface area (Å²) in [5, 5.41) is 0.229. The summed E-state index contributed by atoms with van der Waals surface area (Å²) in [6, 6.07) is 7.58. The molecule has 0 spiro atoms. The fourth-order valence-corrected chi connectivity index (χ4v) is 7.15. The summed E-state index contributed by atoms with van der Waals surface area (Å²) in [5.41, 5.74) is 6.76. The van der Waals surface area contributed by atoms with Crippen LogP contribution in [0.25, 0.3) is 0 Å². The molecule has 186 valence electrons. The largest absolute Gasteiger partial charge is 0.334 e. The Hall–Kier alpha value is -2.24. The molecule has 5 rings (SSSR count). The van der Waals surface area contributed by atoms with Crippen LogP contribution in [-0.2, 0) is 26.0 Å². The molecular weight excluding hydrogens is 518 g/mol. The van der Waals surface area contributed by atoms with Gasteiger partial charge in [-0.05, 0) is 48.7 Å². The van der Waals surface area contributed by atoms with Gasteiger partial charge in [0.15, 0.2) is 0 Å². The van der Waals surface area contributed by atoms with Crippen molar-refractivity contribution in [2.75, 3.05) is 13.1 Å². The van der Waals surface area contributed by atoms with E-state index in [1.165, 1.54) is 35.2 Å². The maximum Gasteiger partial charge on any atom is 0.246 e. The highest BCUT2D eigenvalue weighted by atomic mass is 35.5. The predicted octanol–water partition coefficient (Wildman–Crippen LogP) is 2.23. The fraction of sp³-hybridized carbons (Fsp3) is 0.391. The number of piperazine rings is 1. The van der Waals surface area contributed by atoms with E-state index in [1.807, 2.05) is 0 Å². The Morgan fingerprint density at radius 1 is 1.00 bits per heavy atom. The van der Waals surface area contributed by atoms with Crippen LogP contribution in [0.3, 0.4) is 0 Å². The van der Waals surface area contributed by atoms with Gasteiger partial charge < -0.3 is 15.5 Å². The van der Waals surface area contributed by atoms with Gasteiger partial charge in [-0.25, -0.2) is 12.8 Å². The molecule has 2 aromatic rings.